The van der Waals surface area contributed by atoms with Crippen molar-refractivity contribution in [1.29, 1.82) is 0 Å². The van der Waals surface area contributed by atoms with Gasteiger partial charge in [0, 0.05) is 18.3 Å². The molecule has 0 atom stereocenters. The Labute approximate surface area is 81.8 Å². The number of ether oxygens (including phenoxy) is 1. The van der Waals surface area contributed by atoms with Crippen molar-refractivity contribution in [1.82, 2.24) is 9.97 Å². The van der Waals surface area contributed by atoms with Gasteiger partial charge in [-0.2, -0.15) is 0 Å². The fourth-order valence-electron chi connectivity index (χ4n) is 1.03. The lowest BCUT2D eigenvalue weighted by Crippen LogP contribution is -1.99. The Kier molecular flexibility index (Phi) is 3.84. The number of rotatable bonds is 5. The van der Waals surface area contributed by atoms with Crippen LogP contribution in [-0.4, -0.2) is 28.2 Å². The van der Waals surface area contributed by atoms with Crippen LogP contribution in [0.25, 0.3) is 0 Å². The molecule has 5 heteroatoms. The van der Waals surface area contributed by atoms with Crippen molar-refractivity contribution in [3.63, 3.8) is 0 Å². The standard InChI is InChI=1S/C9H12N2O3/c1-14-9-10-6-5-7(11-9)3-2-4-8(12)13/h5-6H,2-4H2,1H3,(H,12,13). The number of carbonyl (C=O) groups is 1. The molecule has 1 aromatic rings. The van der Waals surface area contributed by atoms with Crippen molar-refractivity contribution in [2.75, 3.05) is 7.11 Å². The van der Waals surface area contributed by atoms with Crippen LogP contribution < -0.4 is 4.74 Å². The molecule has 5 nitrogen and oxygen atoms in total. The normalized spacial score (nSPS) is 9.79. The van der Waals surface area contributed by atoms with Gasteiger partial charge in [0.25, 0.3) is 0 Å². The van der Waals surface area contributed by atoms with E-state index in [1.807, 2.05) is 0 Å². The highest BCUT2D eigenvalue weighted by Gasteiger charge is 2.01. The van der Waals surface area contributed by atoms with Gasteiger partial charge in [-0.1, -0.05) is 0 Å². The van der Waals surface area contributed by atoms with Crippen molar-refractivity contribution >= 4 is 5.97 Å². The first-order chi connectivity index (χ1) is 6.72. The maximum atomic E-state index is 10.3. The minimum atomic E-state index is -0.786. The van der Waals surface area contributed by atoms with Crippen LogP contribution in [0.4, 0.5) is 0 Å². The maximum Gasteiger partial charge on any atom is 0.316 e. The Morgan fingerprint density at radius 2 is 2.43 bits per heavy atom. The van der Waals surface area contributed by atoms with Gasteiger partial charge in [-0.25, -0.2) is 9.97 Å². The first-order valence-corrected chi connectivity index (χ1v) is 4.30. The van der Waals surface area contributed by atoms with Gasteiger partial charge in [-0.3, -0.25) is 4.79 Å². The van der Waals surface area contributed by atoms with E-state index in [2.05, 4.69) is 9.97 Å². The van der Waals surface area contributed by atoms with Crippen molar-refractivity contribution in [3.8, 4) is 6.01 Å². The summed E-state index contributed by atoms with van der Waals surface area (Å²) in [6.45, 7) is 0. The fraction of sp³-hybridized carbons (Fsp3) is 0.444. The van der Waals surface area contributed by atoms with Crippen LogP contribution in [0.3, 0.4) is 0 Å². The van der Waals surface area contributed by atoms with Gasteiger partial charge in [0.15, 0.2) is 0 Å². The highest BCUT2D eigenvalue weighted by atomic mass is 16.5. The number of hydrogen-bond acceptors (Lipinski definition) is 4. The van der Waals surface area contributed by atoms with Gasteiger partial charge in [-0.05, 0) is 18.9 Å². The summed E-state index contributed by atoms with van der Waals surface area (Å²) in [5.41, 5.74) is 0.804. The summed E-state index contributed by atoms with van der Waals surface area (Å²) in [5.74, 6) is -0.786. The number of aryl methyl sites for hydroxylation is 1. The molecule has 1 N–H and O–H groups in total. The summed E-state index contributed by atoms with van der Waals surface area (Å²) in [7, 11) is 1.50. The summed E-state index contributed by atoms with van der Waals surface area (Å²) >= 11 is 0. The molecule has 0 aliphatic carbocycles. The highest BCUT2D eigenvalue weighted by molar-refractivity contribution is 5.66. The summed E-state index contributed by atoms with van der Waals surface area (Å²) in [6.07, 6.45) is 2.97. The summed E-state index contributed by atoms with van der Waals surface area (Å²) in [6, 6.07) is 2.07. The monoisotopic (exact) mass is 196 g/mol. The van der Waals surface area contributed by atoms with Gasteiger partial charge < -0.3 is 9.84 Å². The molecule has 0 unspecified atom stereocenters. The predicted molar refractivity (Wildman–Crippen MR) is 49.2 cm³/mol. The van der Waals surface area contributed by atoms with Crippen molar-refractivity contribution in [2.45, 2.75) is 19.3 Å². The van der Waals surface area contributed by atoms with E-state index in [0.29, 0.717) is 18.9 Å². The molecule has 76 valence electrons. The number of aliphatic carboxylic acids is 1. The maximum absolute atomic E-state index is 10.3. The zero-order valence-electron chi connectivity index (χ0n) is 7.93. The minimum absolute atomic E-state index is 0.159. The SMILES string of the molecule is COc1nccc(CCCC(=O)O)n1. The quantitative estimate of drug-likeness (QED) is 0.757. The van der Waals surface area contributed by atoms with Crippen LogP contribution in [0.1, 0.15) is 18.5 Å². The molecule has 0 bridgehead atoms. The topological polar surface area (TPSA) is 72.3 Å². The molecule has 0 aromatic carbocycles. The van der Waals surface area contributed by atoms with Gasteiger partial charge >= 0.3 is 12.0 Å². The van der Waals surface area contributed by atoms with Gasteiger partial charge in [-0.15, -0.1) is 0 Å². The van der Waals surface area contributed by atoms with E-state index >= 15 is 0 Å². The Balaban J connectivity index is 2.46. The summed E-state index contributed by atoms with van der Waals surface area (Å²) < 4.78 is 4.84. The second-order valence-electron chi connectivity index (χ2n) is 2.78. The molecule has 0 aliphatic rings. The molecule has 1 heterocycles. The Hall–Kier alpha value is -1.65. The minimum Gasteiger partial charge on any atom is -0.481 e. The molecule has 14 heavy (non-hydrogen) atoms. The number of aromatic nitrogens is 2. The van der Waals surface area contributed by atoms with Crippen LogP contribution >= 0.6 is 0 Å². The number of methoxy groups -OCH3 is 1. The first-order valence-electron chi connectivity index (χ1n) is 4.30. The molecule has 0 saturated heterocycles. The first kappa shape index (κ1) is 10.4. The third-order valence-electron chi connectivity index (χ3n) is 1.70. The zero-order chi connectivity index (χ0) is 10.4. The van der Waals surface area contributed by atoms with E-state index < -0.39 is 5.97 Å². The Bertz CT molecular complexity index is 315. The average molecular weight is 196 g/mol. The van der Waals surface area contributed by atoms with E-state index in [9.17, 15) is 4.79 Å². The molecule has 1 rings (SSSR count). The molecular weight excluding hydrogens is 184 g/mol. The number of carboxylic acid groups (broad SMARTS) is 1. The van der Waals surface area contributed by atoms with Crippen LogP contribution in [-0.2, 0) is 11.2 Å². The number of hydrogen-bond donors (Lipinski definition) is 1. The third-order valence-corrected chi connectivity index (χ3v) is 1.70. The van der Waals surface area contributed by atoms with Crippen LogP contribution in [0, 0.1) is 0 Å². The van der Waals surface area contributed by atoms with Crippen LogP contribution in [0.5, 0.6) is 6.01 Å². The smallest absolute Gasteiger partial charge is 0.316 e. The molecule has 1 aromatic heterocycles. The van der Waals surface area contributed by atoms with E-state index in [1.54, 1.807) is 12.3 Å². The van der Waals surface area contributed by atoms with Gasteiger partial charge in [0.2, 0.25) is 0 Å². The van der Waals surface area contributed by atoms with E-state index in [-0.39, 0.29) is 6.42 Å². The zero-order valence-corrected chi connectivity index (χ0v) is 7.93. The molecular formula is C9H12N2O3. The average Bonchev–Trinajstić information content (AvgIpc) is 2.18. The highest BCUT2D eigenvalue weighted by Crippen LogP contribution is 2.05. The molecule has 0 radical (unpaired) electrons. The van der Waals surface area contributed by atoms with Gasteiger partial charge in [0.1, 0.15) is 0 Å². The van der Waals surface area contributed by atoms with Crippen LogP contribution in [0.2, 0.25) is 0 Å². The van der Waals surface area contributed by atoms with E-state index in [0.717, 1.165) is 5.69 Å². The van der Waals surface area contributed by atoms with Crippen LogP contribution in [0.15, 0.2) is 12.3 Å². The predicted octanol–water partition coefficient (Wildman–Crippen LogP) is 0.892. The van der Waals surface area contributed by atoms with Crippen molar-refractivity contribution < 1.29 is 14.6 Å². The lowest BCUT2D eigenvalue weighted by atomic mass is 10.2. The van der Waals surface area contributed by atoms with E-state index in [4.69, 9.17) is 9.84 Å². The molecule has 0 aliphatic heterocycles. The van der Waals surface area contributed by atoms with Gasteiger partial charge in [0.05, 0.1) is 7.11 Å². The van der Waals surface area contributed by atoms with Crippen molar-refractivity contribution in [2.24, 2.45) is 0 Å². The Morgan fingerprint density at radius 1 is 1.64 bits per heavy atom. The second kappa shape index (κ2) is 5.16. The van der Waals surface area contributed by atoms with Crippen molar-refractivity contribution in [3.05, 3.63) is 18.0 Å². The fourth-order valence-corrected chi connectivity index (χ4v) is 1.03. The lowest BCUT2D eigenvalue weighted by Gasteiger charge is -2.00. The molecule has 0 fully saturated rings. The Morgan fingerprint density at radius 3 is 3.07 bits per heavy atom. The second-order valence-corrected chi connectivity index (χ2v) is 2.78. The van der Waals surface area contributed by atoms with E-state index in [1.165, 1.54) is 7.11 Å². The summed E-state index contributed by atoms with van der Waals surface area (Å²) in [5, 5.41) is 8.43. The molecule has 0 spiro atoms. The number of nitrogens with zero attached hydrogens (tertiary/aromatic N) is 2. The largest absolute Gasteiger partial charge is 0.481 e. The lowest BCUT2D eigenvalue weighted by molar-refractivity contribution is -0.137. The molecule has 0 amide bonds. The third kappa shape index (κ3) is 3.38. The number of carboxylic acids is 1. The summed E-state index contributed by atoms with van der Waals surface area (Å²) in [4.78, 5) is 18.2. The molecule has 0 saturated carbocycles.